The van der Waals surface area contributed by atoms with E-state index < -0.39 is 6.43 Å². The smallest absolute Gasteiger partial charge is 0.282 e. The molecule has 0 amide bonds. The van der Waals surface area contributed by atoms with Crippen LogP contribution in [-0.2, 0) is 13.0 Å². The van der Waals surface area contributed by atoms with E-state index in [0.29, 0.717) is 28.9 Å². The number of hydrogen-bond donors (Lipinski definition) is 0. The largest absolute Gasteiger partial charge is 0.423 e. The van der Waals surface area contributed by atoms with Crippen LogP contribution < -0.4 is 0 Å². The molecule has 0 spiro atoms. The van der Waals surface area contributed by atoms with Gasteiger partial charge < -0.3 is 4.42 Å². The van der Waals surface area contributed by atoms with Gasteiger partial charge in [0.15, 0.2) is 0 Å². The van der Waals surface area contributed by atoms with Gasteiger partial charge in [0.1, 0.15) is 12.2 Å². The molecule has 0 bridgehead atoms. The Balaban J connectivity index is 1.71. The third kappa shape index (κ3) is 3.73. The molecule has 0 unspecified atom stereocenters. The Morgan fingerprint density at radius 3 is 2.52 bits per heavy atom. The molecular weight excluding hydrogens is 326 g/mol. The van der Waals surface area contributed by atoms with Crippen LogP contribution in [0.15, 0.2) is 34.7 Å². The molecule has 3 rings (SSSR count). The number of nitrogens with zero attached hydrogens (tertiary/aromatic N) is 4. The molecule has 1 aromatic carbocycles. The number of halogens is 3. The van der Waals surface area contributed by atoms with Crippen molar-refractivity contribution < 1.29 is 13.2 Å². The fourth-order valence-corrected chi connectivity index (χ4v) is 2.26. The van der Waals surface area contributed by atoms with Gasteiger partial charge in [-0.2, -0.15) is 5.10 Å². The second-order valence-corrected chi connectivity index (χ2v) is 5.50. The van der Waals surface area contributed by atoms with Gasteiger partial charge in [-0.3, -0.25) is 4.68 Å². The Morgan fingerprint density at radius 2 is 1.87 bits per heavy atom. The zero-order valence-electron chi connectivity index (χ0n) is 12.2. The lowest BCUT2D eigenvalue weighted by Gasteiger charge is -2.00. The summed E-state index contributed by atoms with van der Waals surface area (Å²) in [4.78, 5) is 0. The maximum absolute atomic E-state index is 12.6. The summed E-state index contributed by atoms with van der Waals surface area (Å²) in [6.45, 7) is 1.86. The van der Waals surface area contributed by atoms with E-state index in [1.807, 2.05) is 12.1 Å². The van der Waals surface area contributed by atoms with Crippen molar-refractivity contribution in [3.05, 3.63) is 64.1 Å². The molecule has 8 heteroatoms. The Labute approximate surface area is 135 Å². The molecule has 2 heterocycles. The number of benzene rings is 1. The monoisotopic (exact) mass is 338 g/mol. The average Bonchev–Trinajstić information content (AvgIpc) is 3.09. The zero-order chi connectivity index (χ0) is 16.4. The zero-order valence-corrected chi connectivity index (χ0v) is 13.0. The molecule has 2 aromatic heterocycles. The standard InChI is InChI=1S/C15H13ClF2N4O/c1-9-6-12(15(17)18)21-22(9)8-14-20-19-13(23-14)7-10-2-4-11(16)5-3-10/h2-6,15H,7-8H2,1H3. The van der Waals surface area contributed by atoms with Gasteiger partial charge in [0.25, 0.3) is 6.43 Å². The normalized spacial score (nSPS) is 11.3. The Morgan fingerprint density at radius 1 is 1.17 bits per heavy atom. The molecule has 3 aromatic rings. The minimum absolute atomic E-state index is 0.159. The van der Waals surface area contributed by atoms with E-state index in [9.17, 15) is 8.78 Å². The second kappa shape index (κ2) is 6.45. The van der Waals surface area contributed by atoms with Crippen LogP contribution in [0.25, 0.3) is 0 Å². The van der Waals surface area contributed by atoms with Gasteiger partial charge in [0.2, 0.25) is 11.8 Å². The predicted molar refractivity (Wildman–Crippen MR) is 79.6 cm³/mol. The average molecular weight is 339 g/mol. The number of aryl methyl sites for hydroxylation is 1. The SMILES string of the molecule is Cc1cc(C(F)F)nn1Cc1nnc(Cc2ccc(Cl)cc2)o1. The molecule has 0 saturated heterocycles. The van der Waals surface area contributed by atoms with Crippen molar-refractivity contribution in [1.82, 2.24) is 20.0 Å². The van der Waals surface area contributed by atoms with Crippen LogP contribution in [0.2, 0.25) is 5.02 Å². The Bertz CT molecular complexity index is 798. The van der Waals surface area contributed by atoms with Crippen LogP contribution in [0, 0.1) is 6.92 Å². The van der Waals surface area contributed by atoms with Crippen LogP contribution in [0.3, 0.4) is 0 Å². The fraction of sp³-hybridized carbons (Fsp3) is 0.267. The van der Waals surface area contributed by atoms with Crippen LogP contribution in [0.5, 0.6) is 0 Å². The molecule has 0 fully saturated rings. The molecule has 0 atom stereocenters. The summed E-state index contributed by atoms with van der Waals surface area (Å²) in [5.74, 6) is 0.766. The van der Waals surface area contributed by atoms with Crippen LogP contribution in [0.4, 0.5) is 8.78 Å². The summed E-state index contributed by atoms with van der Waals surface area (Å²) in [6, 6.07) is 8.66. The highest BCUT2D eigenvalue weighted by Gasteiger charge is 2.15. The Hall–Kier alpha value is -2.28. The highest BCUT2D eigenvalue weighted by atomic mass is 35.5. The first kappa shape index (κ1) is 15.6. The summed E-state index contributed by atoms with van der Waals surface area (Å²) in [5.41, 5.74) is 1.33. The van der Waals surface area contributed by atoms with E-state index in [1.54, 1.807) is 19.1 Å². The van der Waals surface area contributed by atoms with Gasteiger partial charge in [-0.1, -0.05) is 23.7 Å². The third-order valence-corrected chi connectivity index (χ3v) is 3.54. The summed E-state index contributed by atoms with van der Waals surface area (Å²) < 4.78 is 32.2. The second-order valence-electron chi connectivity index (χ2n) is 5.06. The van der Waals surface area contributed by atoms with Gasteiger partial charge in [-0.05, 0) is 30.7 Å². The number of aromatic nitrogens is 4. The quantitative estimate of drug-likeness (QED) is 0.710. The van der Waals surface area contributed by atoms with Gasteiger partial charge >= 0.3 is 0 Å². The van der Waals surface area contributed by atoms with Crippen molar-refractivity contribution in [2.75, 3.05) is 0 Å². The van der Waals surface area contributed by atoms with E-state index in [1.165, 1.54) is 10.7 Å². The predicted octanol–water partition coefficient (Wildman–Crippen LogP) is 3.80. The minimum Gasteiger partial charge on any atom is -0.423 e. The first-order valence-corrected chi connectivity index (χ1v) is 7.27. The van der Waals surface area contributed by atoms with Crippen molar-refractivity contribution in [3.63, 3.8) is 0 Å². The first-order chi connectivity index (χ1) is 11.0. The molecule has 23 heavy (non-hydrogen) atoms. The van der Waals surface area contributed by atoms with Crippen LogP contribution in [0.1, 0.15) is 35.2 Å². The van der Waals surface area contributed by atoms with Crippen molar-refractivity contribution in [2.24, 2.45) is 0 Å². The lowest BCUT2D eigenvalue weighted by molar-refractivity contribution is 0.145. The summed E-state index contributed by atoms with van der Waals surface area (Å²) in [5, 5.41) is 12.4. The molecule has 0 aliphatic heterocycles. The van der Waals surface area contributed by atoms with Gasteiger partial charge in [-0.25, -0.2) is 8.78 Å². The Kier molecular flexibility index (Phi) is 4.38. The van der Waals surface area contributed by atoms with E-state index in [-0.39, 0.29) is 12.2 Å². The van der Waals surface area contributed by atoms with Gasteiger partial charge in [0, 0.05) is 10.7 Å². The highest BCUT2D eigenvalue weighted by Crippen LogP contribution is 2.19. The topological polar surface area (TPSA) is 56.7 Å². The van der Waals surface area contributed by atoms with Crippen molar-refractivity contribution in [1.29, 1.82) is 0 Å². The summed E-state index contributed by atoms with van der Waals surface area (Å²) in [7, 11) is 0. The molecule has 0 aliphatic carbocycles. The van der Waals surface area contributed by atoms with E-state index in [0.717, 1.165) is 5.56 Å². The fourth-order valence-electron chi connectivity index (χ4n) is 2.13. The third-order valence-electron chi connectivity index (χ3n) is 3.29. The lowest BCUT2D eigenvalue weighted by atomic mass is 10.1. The van der Waals surface area contributed by atoms with Crippen LogP contribution in [-0.4, -0.2) is 20.0 Å². The number of rotatable bonds is 5. The molecule has 0 N–H and O–H groups in total. The lowest BCUT2D eigenvalue weighted by Crippen LogP contribution is -2.04. The van der Waals surface area contributed by atoms with Crippen molar-refractivity contribution >= 4 is 11.6 Å². The minimum atomic E-state index is -2.60. The maximum atomic E-state index is 12.6. The maximum Gasteiger partial charge on any atom is 0.282 e. The number of hydrogen-bond acceptors (Lipinski definition) is 4. The first-order valence-electron chi connectivity index (χ1n) is 6.89. The molecule has 0 aliphatic rings. The van der Waals surface area contributed by atoms with Crippen molar-refractivity contribution in [2.45, 2.75) is 26.3 Å². The van der Waals surface area contributed by atoms with E-state index in [4.69, 9.17) is 16.0 Å². The van der Waals surface area contributed by atoms with E-state index in [2.05, 4.69) is 15.3 Å². The van der Waals surface area contributed by atoms with Gasteiger partial charge in [-0.15, -0.1) is 10.2 Å². The highest BCUT2D eigenvalue weighted by molar-refractivity contribution is 6.30. The van der Waals surface area contributed by atoms with Gasteiger partial charge in [0.05, 0.1) is 6.42 Å². The van der Waals surface area contributed by atoms with Crippen molar-refractivity contribution in [3.8, 4) is 0 Å². The molecule has 5 nitrogen and oxygen atoms in total. The molecule has 120 valence electrons. The van der Waals surface area contributed by atoms with E-state index >= 15 is 0 Å². The molecule has 0 radical (unpaired) electrons. The molecular formula is C15H13ClF2N4O. The number of alkyl halides is 2. The van der Waals surface area contributed by atoms with Crippen LogP contribution >= 0.6 is 11.6 Å². The molecule has 0 saturated carbocycles. The summed E-state index contributed by atoms with van der Waals surface area (Å²) >= 11 is 5.83. The summed E-state index contributed by atoms with van der Waals surface area (Å²) in [6.07, 6.45) is -2.12.